The van der Waals surface area contributed by atoms with Crippen molar-refractivity contribution in [3.05, 3.63) is 0 Å². The van der Waals surface area contributed by atoms with E-state index in [1.165, 1.54) is 19.3 Å². The Hall–Kier alpha value is -0.160. The lowest BCUT2D eigenvalue weighted by atomic mass is 10.2. The van der Waals surface area contributed by atoms with Gasteiger partial charge in [0, 0.05) is 26.2 Å². The Morgan fingerprint density at radius 2 is 2.00 bits per heavy atom. The van der Waals surface area contributed by atoms with Gasteiger partial charge in [-0.3, -0.25) is 4.90 Å². The second-order valence-corrected chi connectivity index (χ2v) is 5.04. The van der Waals surface area contributed by atoms with Gasteiger partial charge in [-0.25, -0.2) is 0 Å². The predicted octanol–water partition coefficient (Wildman–Crippen LogP) is 0.802. The molecule has 1 N–H and O–H groups in total. The van der Waals surface area contributed by atoms with Crippen LogP contribution in [0.2, 0.25) is 0 Å². The fourth-order valence-corrected chi connectivity index (χ4v) is 2.22. The molecule has 1 saturated heterocycles. The van der Waals surface area contributed by atoms with Gasteiger partial charge in [-0.05, 0) is 20.0 Å². The first-order chi connectivity index (χ1) is 8.22. The van der Waals surface area contributed by atoms with E-state index in [0.29, 0.717) is 0 Å². The molecule has 0 saturated carbocycles. The van der Waals surface area contributed by atoms with Crippen LogP contribution in [-0.4, -0.2) is 74.0 Å². The molecule has 0 amide bonds. The van der Waals surface area contributed by atoms with Crippen LogP contribution < -0.4 is 0 Å². The quantitative estimate of drug-likeness (QED) is 0.641. The Bertz CT molecular complexity index is 184. The van der Waals surface area contributed by atoms with Gasteiger partial charge in [-0.1, -0.05) is 19.8 Å². The molecule has 0 aromatic heterocycles. The van der Waals surface area contributed by atoms with Crippen molar-refractivity contribution in [2.24, 2.45) is 0 Å². The van der Waals surface area contributed by atoms with Crippen LogP contribution in [0.3, 0.4) is 0 Å². The summed E-state index contributed by atoms with van der Waals surface area (Å²) in [6.07, 6.45) is 3.53. The first-order valence-corrected chi connectivity index (χ1v) is 6.89. The van der Waals surface area contributed by atoms with Crippen molar-refractivity contribution >= 4 is 0 Å². The maximum absolute atomic E-state index is 10.0. The molecule has 0 aromatic rings. The van der Waals surface area contributed by atoms with E-state index in [9.17, 15) is 5.11 Å². The van der Waals surface area contributed by atoms with Crippen molar-refractivity contribution in [2.45, 2.75) is 32.3 Å². The van der Waals surface area contributed by atoms with Gasteiger partial charge in [0.15, 0.2) is 0 Å². The topological polar surface area (TPSA) is 35.9 Å². The van der Waals surface area contributed by atoms with Crippen LogP contribution in [0.5, 0.6) is 0 Å². The summed E-state index contributed by atoms with van der Waals surface area (Å²) in [5, 5.41) is 10.0. The molecule has 1 heterocycles. The van der Waals surface area contributed by atoms with E-state index in [2.05, 4.69) is 23.8 Å². The minimum atomic E-state index is -0.236. The number of β-amino-alcohol motifs (C(OH)–C–C–N with tert-alkyl or cyclic N) is 1. The molecule has 1 rings (SSSR count). The van der Waals surface area contributed by atoms with Crippen molar-refractivity contribution in [3.8, 4) is 0 Å². The Kier molecular flexibility index (Phi) is 7.77. The summed E-state index contributed by atoms with van der Waals surface area (Å²) in [4.78, 5) is 4.52. The lowest BCUT2D eigenvalue weighted by Gasteiger charge is -2.30. The molecule has 1 atom stereocenters. The number of ether oxygens (including phenoxy) is 1. The lowest BCUT2D eigenvalue weighted by molar-refractivity contribution is 0.00864. The van der Waals surface area contributed by atoms with Crippen molar-refractivity contribution in [2.75, 3.05) is 53.0 Å². The van der Waals surface area contributed by atoms with Crippen LogP contribution in [0.1, 0.15) is 26.2 Å². The van der Waals surface area contributed by atoms with E-state index < -0.39 is 0 Å². The minimum Gasteiger partial charge on any atom is -0.390 e. The third-order valence-corrected chi connectivity index (χ3v) is 3.24. The molecule has 17 heavy (non-hydrogen) atoms. The van der Waals surface area contributed by atoms with Gasteiger partial charge >= 0.3 is 0 Å². The molecule has 1 aliphatic heterocycles. The van der Waals surface area contributed by atoms with Crippen LogP contribution in [0.15, 0.2) is 0 Å². The minimum absolute atomic E-state index is 0.236. The van der Waals surface area contributed by atoms with Crippen LogP contribution in [0, 0.1) is 0 Å². The largest absolute Gasteiger partial charge is 0.390 e. The number of hydrogen-bond donors (Lipinski definition) is 1. The third kappa shape index (κ3) is 6.99. The van der Waals surface area contributed by atoms with Gasteiger partial charge in [0.1, 0.15) is 0 Å². The number of nitrogens with zero attached hydrogens (tertiary/aromatic N) is 2. The van der Waals surface area contributed by atoms with Gasteiger partial charge in [-0.2, -0.15) is 0 Å². The predicted molar refractivity (Wildman–Crippen MR) is 70.3 cm³/mol. The molecule has 0 bridgehead atoms. The zero-order chi connectivity index (χ0) is 12.5. The standard InChI is InChI=1S/C13H28N2O2/c1-3-4-5-6-14(2)11-13(16)12-15-7-9-17-10-8-15/h13,16H,3-12H2,1-2H3. The number of morpholine rings is 1. The van der Waals surface area contributed by atoms with Crippen molar-refractivity contribution in [1.82, 2.24) is 9.80 Å². The lowest BCUT2D eigenvalue weighted by Crippen LogP contribution is -2.44. The van der Waals surface area contributed by atoms with E-state index in [0.717, 1.165) is 45.9 Å². The monoisotopic (exact) mass is 244 g/mol. The Morgan fingerprint density at radius 3 is 2.65 bits per heavy atom. The fraction of sp³-hybridized carbons (Fsp3) is 1.00. The van der Waals surface area contributed by atoms with E-state index in [4.69, 9.17) is 4.74 Å². The average Bonchev–Trinajstić information content (AvgIpc) is 2.30. The highest BCUT2D eigenvalue weighted by Gasteiger charge is 2.15. The first-order valence-electron chi connectivity index (χ1n) is 6.89. The van der Waals surface area contributed by atoms with E-state index in [-0.39, 0.29) is 6.10 Å². The summed E-state index contributed by atoms with van der Waals surface area (Å²) in [7, 11) is 2.10. The van der Waals surface area contributed by atoms with Gasteiger partial charge < -0.3 is 14.7 Å². The van der Waals surface area contributed by atoms with Crippen LogP contribution in [-0.2, 0) is 4.74 Å². The Morgan fingerprint density at radius 1 is 1.29 bits per heavy atom. The fourth-order valence-electron chi connectivity index (χ4n) is 2.22. The van der Waals surface area contributed by atoms with Gasteiger partial charge in [-0.15, -0.1) is 0 Å². The van der Waals surface area contributed by atoms with E-state index in [1.54, 1.807) is 0 Å². The number of aliphatic hydroxyl groups excluding tert-OH is 1. The van der Waals surface area contributed by atoms with Gasteiger partial charge in [0.2, 0.25) is 0 Å². The molecule has 0 radical (unpaired) electrons. The summed E-state index contributed by atoms with van der Waals surface area (Å²) in [6.45, 7) is 8.38. The molecular formula is C13H28N2O2. The number of unbranched alkanes of at least 4 members (excludes halogenated alkanes) is 2. The number of hydrogen-bond acceptors (Lipinski definition) is 4. The molecule has 1 aliphatic rings. The second kappa shape index (κ2) is 8.86. The number of rotatable bonds is 8. The zero-order valence-electron chi connectivity index (χ0n) is 11.4. The molecule has 0 spiro atoms. The first kappa shape index (κ1) is 14.9. The maximum atomic E-state index is 10.0. The summed E-state index contributed by atoms with van der Waals surface area (Å²) < 4.78 is 5.29. The summed E-state index contributed by atoms with van der Waals surface area (Å²) in [5.74, 6) is 0. The van der Waals surface area contributed by atoms with Crippen molar-refractivity contribution in [1.29, 1.82) is 0 Å². The van der Waals surface area contributed by atoms with Crippen molar-refractivity contribution in [3.63, 3.8) is 0 Å². The SMILES string of the molecule is CCCCCN(C)CC(O)CN1CCOCC1. The highest BCUT2D eigenvalue weighted by Crippen LogP contribution is 2.01. The Labute approximate surface area is 106 Å². The molecule has 4 heteroatoms. The van der Waals surface area contributed by atoms with Gasteiger partial charge in [0.25, 0.3) is 0 Å². The molecule has 4 nitrogen and oxygen atoms in total. The normalized spacial score (nSPS) is 19.8. The van der Waals surface area contributed by atoms with E-state index in [1.807, 2.05) is 0 Å². The van der Waals surface area contributed by atoms with Gasteiger partial charge in [0.05, 0.1) is 19.3 Å². The van der Waals surface area contributed by atoms with Crippen LogP contribution in [0.4, 0.5) is 0 Å². The van der Waals surface area contributed by atoms with Crippen LogP contribution >= 0.6 is 0 Å². The molecule has 0 aliphatic carbocycles. The average molecular weight is 244 g/mol. The smallest absolute Gasteiger partial charge is 0.0793 e. The summed E-state index contributed by atoms with van der Waals surface area (Å²) in [6, 6.07) is 0. The molecule has 0 aromatic carbocycles. The number of aliphatic hydroxyl groups is 1. The summed E-state index contributed by atoms with van der Waals surface area (Å²) in [5.41, 5.74) is 0. The second-order valence-electron chi connectivity index (χ2n) is 5.04. The van der Waals surface area contributed by atoms with Crippen molar-refractivity contribution < 1.29 is 9.84 Å². The highest BCUT2D eigenvalue weighted by atomic mass is 16.5. The Balaban J connectivity index is 2.07. The van der Waals surface area contributed by atoms with Crippen LogP contribution in [0.25, 0.3) is 0 Å². The molecular weight excluding hydrogens is 216 g/mol. The molecule has 1 unspecified atom stereocenters. The number of likely N-dealkylation sites (N-methyl/N-ethyl adjacent to an activating group) is 1. The molecule has 102 valence electrons. The zero-order valence-corrected chi connectivity index (χ0v) is 11.4. The summed E-state index contributed by atoms with van der Waals surface area (Å²) >= 11 is 0. The molecule has 1 fully saturated rings. The highest BCUT2D eigenvalue weighted by molar-refractivity contribution is 4.69. The van der Waals surface area contributed by atoms with E-state index >= 15 is 0 Å². The third-order valence-electron chi connectivity index (χ3n) is 3.24. The maximum Gasteiger partial charge on any atom is 0.0793 e.